The molecule has 12 heteroatoms. The Hall–Kier alpha value is -4.48. The highest BCUT2D eigenvalue weighted by Gasteiger charge is 2.39. The summed E-state index contributed by atoms with van der Waals surface area (Å²) in [6.45, 7) is 6.20. The number of carbonyl (C=O) groups excluding carboxylic acids is 1. The topological polar surface area (TPSA) is 108 Å². The molecule has 0 bridgehead atoms. The number of aromatic hydroxyl groups is 1. The van der Waals surface area contributed by atoms with Gasteiger partial charge in [0.1, 0.15) is 5.84 Å². The first-order valence-corrected chi connectivity index (χ1v) is 11.8. The lowest BCUT2D eigenvalue weighted by Crippen LogP contribution is -2.33. The molecule has 0 aliphatic rings. The second-order valence-corrected chi connectivity index (χ2v) is 10.0. The van der Waals surface area contributed by atoms with Gasteiger partial charge in [-0.05, 0) is 34.7 Å². The largest absolute Gasteiger partial charge is 0.505 e. The third kappa shape index (κ3) is 6.51. The highest BCUT2D eigenvalue weighted by Crippen LogP contribution is 2.31. The number of aromatic nitrogens is 4. The number of phenolic OH excluding ortho intramolecular Hbond substituents is 1. The fourth-order valence-electron chi connectivity index (χ4n) is 3.82. The number of aryl methyl sites for hydroxylation is 1. The molecule has 0 saturated heterocycles. The Morgan fingerprint density at radius 3 is 2.41 bits per heavy atom. The van der Waals surface area contributed by atoms with Crippen LogP contribution in [0.5, 0.6) is 5.75 Å². The van der Waals surface area contributed by atoms with Crippen LogP contribution in [0.4, 0.5) is 23.4 Å². The second kappa shape index (κ2) is 10.4. The van der Waals surface area contributed by atoms with Gasteiger partial charge in [-0.1, -0.05) is 45.0 Å². The van der Waals surface area contributed by atoms with Crippen LogP contribution in [0.15, 0.2) is 59.7 Å². The van der Waals surface area contributed by atoms with E-state index in [-0.39, 0.29) is 23.5 Å². The standard InChI is InChI=1S/C27H26F4N6O2/c1-26(2,3)17-8-5-15(6-9-17)11-22(33-25(39)18-14-37(4)36-24(18)27(29,30)31)32-23-13-20(34-35-23)16-7-10-21(38)19(28)12-16/h5-10,12-14,38H,11H2,1-4H3,(H2,32,33,34,35,39). The lowest BCUT2D eigenvalue weighted by Gasteiger charge is -2.19. The number of halogens is 4. The van der Waals surface area contributed by atoms with E-state index < -0.39 is 34.9 Å². The van der Waals surface area contributed by atoms with Gasteiger partial charge in [-0.15, -0.1) is 0 Å². The zero-order chi connectivity index (χ0) is 28.5. The first-order chi connectivity index (χ1) is 18.2. The van der Waals surface area contributed by atoms with Crippen molar-refractivity contribution < 1.29 is 27.5 Å². The minimum atomic E-state index is -4.83. The molecule has 0 aliphatic carbocycles. The molecule has 4 aromatic rings. The van der Waals surface area contributed by atoms with E-state index >= 15 is 0 Å². The van der Waals surface area contributed by atoms with Crippen LogP contribution in [0.2, 0.25) is 0 Å². The van der Waals surface area contributed by atoms with Gasteiger partial charge in [0.25, 0.3) is 5.91 Å². The van der Waals surface area contributed by atoms with Crippen molar-refractivity contribution in [3.63, 3.8) is 0 Å². The molecule has 204 valence electrons. The number of hydrogen-bond donors (Lipinski definition) is 3. The molecular weight excluding hydrogens is 516 g/mol. The fraction of sp³-hybridized carbons (Fsp3) is 0.259. The molecule has 2 aromatic heterocycles. The number of phenols is 1. The molecule has 0 atom stereocenters. The molecule has 3 N–H and O–H groups in total. The summed E-state index contributed by atoms with van der Waals surface area (Å²) < 4.78 is 55.1. The number of aliphatic imine (C=N–C) groups is 1. The van der Waals surface area contributed by atoms with Gasteiger partial charge in [-0.3, -0.25) is 14.6 Å². The number of hydrogen-bond acceptors (Lipinski definition) is 5. The number of H-pyrrole nitrogens is 1. The van der Waals surface area contributed by atoms with Gasteiger partial charge in [-0.2, -0.15) is 23.4 Å². The monoisotopic (exact) mass is 542 g/mol. The van der Waals surface area contributed by atoms with Crippen LogP contribution >= 0.6 is 0 Å². The van der Waals surface area contributed by atoms with Crippen molar-refractivity contribution in [3.05, 3.63) is 82.9 Å². The van der Waals surface area contributed by atoms with Gasteiger partial charge in [-0.25, -0.2) is 9.38 Å². The maximum atomic E-state index is 13.8. The number of amides is 1. The highest BCUT2D eigenvalue weighted by atomic mass is 19.4. The second-order valence-electron chi connectivity index (χ2n) is 10.0. The van der Waals surface area contributed by atoms with E-state index in [0.29, 0.717) is 11.3 Å². The lowest BCUT2D eigenvalue weighted by atomic mass is 9.86. The predicted octanol–water partition coefficient (Wildman–Crippen LogP) is 5.67. The molecule has 4 rings (SSSR count). The van der Waals surface area contributed by atoms with Crippen LogP contribution in [0.3, 0.4) is 0 Å². The predicted molar refractivity (Wildman–Crippen MR) is 137 cm³/mol. The maximum absolute atomic E-state index is 13.8. The summed E-state index contributed by atoms with van der Waals surface area (Å²) in [4.78, 5) is 17.3. The molecule has 39 heavy (non-hydrogen) atoms. The quantitative estimate of drug-likeness (QED) is 0.171. The molecule has 0 fully saturated rings. The minimum absolute atomic E-state index is 0.0374. The Balaban J connectivity index is 1.67. The molecule has 0 spiro atoms. The number of alkyl halides is 3. The fourth-order valence-corrected chi connectivity index (χ4v) is 3.82. The van der Waals surface area contributed by atoms with Gasteiger partial charge in [0.2, 0.25) is 0 Å². The summed E-state index contributed by atoms with van der Waals surface area (Å²) >= 11 is 0. The average Bonchev–Trinajstić information content (AvgIpc) is 3.47. The molecule has 0 unspecified atom stereocenters. The van der Waals surface area contributed by atoms with Gasteiger partial charge in [0.05, 0.1) is 11.3 Å². The minimum Gasteiger partial charge on any atom is -0.505 e. The molecule has 2 heterocycles. The van der Waals surface area contributed by atoms with E-state index in [0.717, 1.165) is 28.1 Å². The number of aromatic amines is 1. The van der Waals surface area contributed by atoms with E-state index in [2.05, 4.69) is 46.4 Å². The van der Waals surface area contributed by atoms with Crippen molar-refractivity contribution in [1.82, 2.24) is 25.3 Å². The average molecular weight is 543 g/mol. The van der Waals surface area contributed by atoms with Crippen LogP contribution in [-0.2, 0) is 25.1 Å². The Morgan fingerprint density at radius 2 is 1.79 bits per heavy atom. The van der Waals surface area contributed by atoms with E-state index in [1.807, 2.05) is 24.3 Å². The zero-order valence-electron chi connectivity index (χ0n) is 21.6. The number of amidine groups is 1. The van der Waals surface area contributed by atoms with Crippen molar-refractivity contribution in [3.8, 4) is 17.0 Å². The van der Waals surface area contributed by atoms with Gasteiger partial charge in [0, 0.05) is 31.3 Å². The number of nitrogens with zero attached hydrogens (tertiary/aromatic N) is 4. The molecule has 0 radical (unpaired) electrons. The summed E-state index contributed by atoms with van der Waals surface area (Å²) in [5.41, 5.74) is 0.540. The molecule has 1 amide bonds. The summed E-state index contributed by atoms with van der Waals surface area (Å²) in [7, 11) is 1.29. The van der Waals surface area contributed by atoms with Crippen molar-refractivity contribution in [2.45, 2.75) is 38.8 Å². The SMILES string of the molecule is Cn1cc(C(=O)NC(Cc2ccc(C(C)(C)C)cc2)=Nc2cc(-c3ccc(O)c(F)c3)[nH]n2)c(C(F)(F)F)n1. The van der Waals surface area contributed by atoms with E-state index in [4.69, 9.17) is 0 Å². The molecule has 2 aromatic carbocycles. The normalized spacial score (nSPS) is 12.6. The van der Waals surface area contributed by atoms with Crippen molar-refractivity contribution in [2.24, 2.45) is 12.0 Å². The molecular formula is C27H26F4N6O2. The van der Waals surface area contributed by atoms with Crippen LogP contribution in [0.25, 0.3) is 11.3 Å². The van der Waals surface area contributed by atoms with E-state index in [1.54, 1.807) is 0 Å². The maximum Gasteiger partial charge on any atom is 0.435 e. The summed E-state index contributed by atoms with van der Waals surface area (Å²) in [5.74, 6) is -2.22. The molecule has 0 saturated carbocycles. The van der Waals surface area contributed by atoms with E-state index in [9.17, 15) is 27.5 Å². The Morgan fingerprint density at radius 1 is 1.10 bits per heavy atom. The Kier molecular flexibility index (Phi) is 7.31. The summed E-state index contributed by atoms with van der Waals surface area (Å²) in [5, 5.41) is 22.1. The zero-order valence-corrected chi connectivity index (χ0v) is 21.6. The molecule has 8 nitrogen and oxygen atoms in total. The third-order valence-electron chi connectivity index (χ3n) is 5.86. The van der Waals surface area contributed by atoms with Crippen molar-refractivity contribution in [2.75, 3.05) is 0 Å². The first-order valence-electron chi connectivity index (χ1n) is 11.8. The highest BCUT2D eigenvalue weighted by molar-refractivity contribution is 6.08. The van der Waals surface area contributed by atoms with Crippen LogP contribution in [0.1, 0.15) is 48.0 Å². The van der Waals surface area contributed by atoms with E-state index in [1.165, 1.54) is 25.2 Å². The van der Waals surface area contributed by atoms with Gasteiger partial charge < -0.3 is 10.4 Å². The Labute approximate surface area is 221 Å². The number of nitrogens with one attached hydrogen (secondary N) is 2. The lowest BCUT2D eigenvalue weighted by molar-refractivity contribution is -0.141. The Bertz CT molecular complexity index is 1530. The number of carbonyl (C=O) groups is 1. The molecule has 0 aliphatic heterocycles. The van der Waals surface area contributed by atoms with Crippen LogP contribution in [-0.4, -0.2) is 36.8 Å². The van der Waals surface area contributed by atoms with Gasteiger partial charge >= 0.3 is 6.18 Å². The first kappa shape index (κ1) is 27.6. The summed E-state index contributed by atoms with van der Waals surface area (Å²) in [6.07, 6.45) is -3.77. The van der Waals surface area contributed by atoms with Gasteiger partial charge in [0.15, 0.2) is 23.1 Å². The van der Waals surface area contributed by atoms with Crippen LogP contribution in [0, 0.1) is 5.82 Å². The van der Waals surface area contributed by atoms with Crippen LogP contribution < -0.4 is 5.32 Å². The third-order valence-corrected chi connectivity index (χ3v) is 5.86. The van der Waals surface area contributed by atoms with Crippen molar-refractivity contribution >= 4 is 17.6 Å². The smallest absolute Gasteiger partial charge is 0.435 e. The number of benzene rings is 2. The number of rotatable bonds is 5. The summed E-state index contributed by atoms with van der Waals surface area (Å²) in [6, 6.07) is 12.8. The van der Waals surface area contributed by atoms with Crippen molar-refractivity contribution in [1.29, 1.82) is 0 Å².